The SMILES string of the molecule is CCOC(=O)CSc1nc2sc3c(c2c(=O)n1CC)CC[C@H](C)C3. The van der Waals surface area contributed by atoms with Crippen molar-refractivity contribution >= 4 is 39.3 Å². The number of carbonyl (C=O) groups excluding carboxylic acids is 1. The van der Waals surface area contributed by atoms with Gasteiger partial charge in [0, 0.05) is 11.4 Å². The summed E-state index contributed by atoms with van der Waals surface area (Å²) < 4.78 is 6.64. The third-order valence-electron chi connectivity index (χ3n) is 4.32. The molecule has 1 atom stereocenters. The number of aryl methyl sites for hydroxylation is 1. The van der Waals surface area contributed by atoms with Crippen molar-refractivity contribution in [1.29, 1.82) is 0 Å². The Morgan fingerprint density at radius 1 is 1.46 bits per heavy atom. The van der Waals surface area contributed by atoms with E-state index in [2.05, 4.69) is 6.92 Å². The van der Waals surface area contributed by atoms with E-state index in [1.807, 2.05) is 6.92 Å². The third-order valence-corrected chi connectivity index (χ3v) is 6.42. The molecule has 0 aromatic carbocycles. The summed E-state index contributed by atoms with van der Waals surface area (Å²) in [4.78, 5) is 31.4. The van der Waals surface area contributed by atoms with E-state index < -0.39 is 0 Å². The molecule has 0 spiro atoms. The molecule has 0 saturated carbocycles. The smallest absolute Gasteiger partial charge is 0.316 e. The number of thioether (sulfide) groups is 1. The second-order valence-corrected chi connectivity index (χ2v) is 8.10. The Balaban J connectivity index is 2.02. The van der Waals surface area contributed by atoms with Crippen molar-refractivity contribution in [3.63, 3.8) is 0 Å². The molecule has 7 heteroatoms. The molecule has 0 N–H and O–H groups in total. The van der Waals surface area contributed by atoms with Crippen molar-refractivity contribution in [2.75, 3.05) is 12.4 Å². The lowest BCUT2D eigenvalue weighted by molar-refractivity contribution is -0.139. The first-order valence-electron chi connectivity index (χ1n) is 8.38. The van der Waals surface area contributed by atoms with Crippen LogP contribution in [0.2, 0.25) is 0 Å². The van der Waals surface area contributed by atoms with Gasteiger partial charge in [-0.15, -0.1) is 11.3 Å². The highest BCUT2D eigenvalue weighted by molar-refractivity contribution is 7.99. The van der Waals surface area contributed by atoms with Gasteiger partial charge in [-0.2, -0.15) is 0 Å². The summed E-state index contributed by atoms with van der Waals surface area (Å²) >= 11 is 2.92. The number of fused-ring (bicyclic) bond motifs is 3. The van der Waals surface area contributed by atoms with Crippen molar-refractivity contribution in [3.8, 4) is 0 Å². The van der Waals surface area contributed by atoms with Crippen LogP contribution in [0.4, 0.5) is 0 Å². The predicted molar refractivity (Wildman–Crippen MR) is 98.1 cm³/mol. The zero-order valence-electron chi connectivity index (χ0n) is 14.3. The fourth-order valence-corrected chi connectivity index (χ4v) is 5.40. The maximum Gasteiger partial charge on any atom is 0.316 e. The van der Waals surface area contributed by atoms with Crippen molar-refractivity contribution in [1.82, 2.24) is 9.55 Å². The number of ether oxygens (including phenoxy) is 1. The van der Waals surface area contributed by atoms with Crippen molar-refractivity contribution in [3.05, 3.63) is 20.8 Å². The lowest BCUT2D eigenvalue weighted by Crippen LogP contribution is -2.23. The van der Waals surface area contributed by atoms with E-state index in [9.17, 15) is 9.59 Å². The molecule has 0 aliphatic heterocycles. The van der Waals surface area contributed by atoms with E-state index >= 15 is 0 Å². The average molecular weight is 367 g/mol. The fourth-order valence-electron chi connectivity index (χ4n) is 3.12. The van der Waals surface area contributed by atoms with Crippen LogP contribution in [0.3, 0.4) is 0 Å². The Morgan fingerprint density at radius 2 is 2.25 bits per heavy atom. The minimum atomic E-state index is -0.279. The maximum atomic E-state index is 13.0. The summed E-state index contributed by atoms with van der Waals surface area (Å²) in [6.07, 6.45) is 3.13. The van der Waals surface area contributed by atoms with E-state index in [0.29, 0.717) is 24.2 Å². The minimum Gasteiger partial charge on any atom is -0.465 e. The van der Waals surface area contributed by atoms with Crippen LogP contribution >= 0.6 is 23.1 Å². The molecule has 0 saturated heterocycles. The van der Waals surface area contributed by atoms with Gasteiger partial charge in [-0.05, 0) is 44.6 Å². The maximum absolute atomic E-state index is 13.0. The summed E-state index contributed by atoms with van der Waals surface area (Å²) in [5.74, 6) is 0.559. The van der Waals surface area contributed by atoms with Crippen LogP contribution in [0.5, 0.6) is 0 Å². The number of esters is 1. The summed E-state index contributed by atoms with van der Waals surface area (Å²) in [5, 5.41) is 1.40. The molecule has 3 rings (SSSR count). The van der Waals surface area contributed by atoms with Gasteiger partial charge >= 0.3 is 5.97 Å². The Hall–Kier alpha value is -1.34. The third kappa shape index (κ3) is 3.24. The van der Waals surface area contributed by atoms with Crippen LogP contribution in [0, 0.1) is 5.92 Å². The Morgan fingerprint density at radius 3 is 2.96 bits per heavy atom. The molecule has 2 heterocycles. The number of rotatable bonds is 5. The van der Waals surface area contributed by atoms with Crippen molar-refractivity contribution in [2.24, 2.45) is 5.92 Å². The lowest BCUT2D eigenvalue weighted by Gasteiger charge is -2.17. The molecule has 1 aliphatic carbocycles. The van der Waals surface area contributed by atoms with Gasteiger partial charge in [-0.3, -0.25) is 14.2 Å². The highest BCUT2D eigenvalue weighted by Gasteiger charge is 2.24. The highest BCUT2D eigenvalue weighted by atomic mass is 32.2. The number of thiophene rings is 1. The van der Waals surface area contributed by atoms with Gasteiger partial charge in [0.05, 0.1) is 17.7 Å². The number of hydrogen-bond donors (Lipinski definition) is 0. The molecule has 0 unspecified atom stereocenters. The van der Waals surface area contributed by atoms with E-state index in [0.717, 1.165) is 29.5 Å². The van der Waals surface area contributed by atoms with Crippen LogP contribution < -0.4 is 5.56 Å². The molecule has 2 aromatic heterocycles. The van der Waals surface area contributed by atoms with Gasteiger partial charge in [0.2, 0.25) is 0 Å². The predicted octanol–water partition coefficient (Wildman–Crippen LogP) is 3.26. The molecule has 0 radical (unpaired) electrons. The van der Waals surface area contributed by atoms with E-state index in [4.69, 9.17) is 9.72 Å². The summed E-state index contributed by atoms with van der Waals surface area (Å²) in [6, 6.07) is 0. The van der Waals surface area contributed by atoms with Gasteiger partial charge < -0.3 is 4.74 Å². The lowest BCUT2D eigenvalue weighted by atomic mass is 9.89. The van der Waals surface area contributed by atoms with Gasteiger partial charge in [0.15, 0.2) is 5.16 Å². The Bertz CT molecular complexity index is 825. The molecule has 130 valence electrons. The highest BCUT2D eigenvalue weighted by Crippen LogP contribution is 2.36. The molecular weight excluding hydrogens is 344 g/mol. The fraction of sp³-hybridized carbons (Fsp3) is 0.588. The summed E-state index contributed by atoms with van der Waals surface area (Å²) in [6.45, 7) is 6.89. The first-order valence-corrected chi connectivity index (χ1v) is 10.2. The monoisotopic (exact) mass is 366 g/mol. The zero-order chi connectivity index (χ0) is 17.3. The van der Waals surface area contributed by atoms with Crippen LogP contribution in [0.15, 0.2) is 9.95 Å². The summed E-state index contributed by atoms with van der Waals surface area (Å²) in [5.41, 5.74) is 1.23. The number of carbonyl (C=O) groups is 1. The van der Waals surface area contributed by atoms with Crippen LogP contribution in [0.1, 0.15) is 37.6 Å². The molecular formula is C17H22N2O3S2. The molecule has 5 nitrogen and oxygen atoms in total. The normalized spacial score (nSPS) is 17.0. The molecule has 24 heavy (non-hydrogen) atoms. The average Bonchev–Trinajstić information content (AvgIpc) is 2.90. The Kier molecular flexibility index (Phi) is 5.30. The van der Waals surface area contributed by atoms with Gasteiger partial charge in [0.25, 0.3) is 5.56 Å². The van der Waals surface area contributed by atoms with Crippen molar-refractivity contribution in [2.45, 2.75) is 51.7 Å². The van der Waals surface area contributed by atoms with Gasteiger partial charge in [-0.25, -0.2) is 4.98 Å². The molecule has 1 aliphatic rings. The topological polar surface area (TPSA) is 61.2 Å². The largest absolute Gasteiger partial charge is 0.465 e. The van der Waals surface area contributed by atoms with E-state index in [-0.39, 0.29) is 17.3 Å². The van der Waals surface area contributed by atoms with Gasteiger partial charge in [0.1, 0.15) is 4.83 Å². The van der Waals surface area contributed by atoms with E-state index in [1.54, 1.807) is 22.8 Å². The quantitative estimate of drug-likeness (QED) is 0.462. The molecule has 0 bridgehead atoms. The molecule has 2 aromatic rings. The standard InChI is InChI=1S/C17H22N2O3S2/c1-4-19-16(21)14-11-7-6-10(3)8-12(11)24-15(14)18-17(19)23-9-13(20)22-5-2/h10H,4-9H2,1-3H3/t10-/m0/s1. The van der Waals surface area contributed by atoms with Crippen LogP contribution in [-0.2, 0) is 28.9 Å². The van der Waals surface area contributed by atoms with Crippen molar-refractivity contribution < 1.29 is 9.53 Å². The second-order valence-electron chi connectivity index (χ2n) is 6.07. The second kappa shape index (κ2) is 7.27. The summed E-state index contributed by atoms with van der Waals surface area (Å²) in [7, 11) is 0. The van der Waals surface area contributed by atoms with Gasteiger partial charge in [-0.1, -0.05) is 18.7 Å². The zero-order valence-corrected chi connectivity index (χ0v) is 15.9. The number of nitrogens with zero attached hydrogens (tertiary/aromatic N) is 2. The molecule has 0 amide bonds. The molecule has 0 fully saturated rings. The van der Waals surface area contributed by atoms with Crippen LogP contribution in [0.25, 0.3) is 10.2 Å². The first-order chi connectivity index (χ1) is 11.5. The number of aromatic nitrogens is 2. The number of hydrogen-bond acceptors (Lipinski definition) is 6. The minimum absolute atomic E-state index is 0.0286. The van der Waals surface area contributed by atoms with E-state index in [1.165, 1.54) is 22.2 Å². The first kappa shape index (κ1) is 17.5. The Labute approximate surface area is 149 Å². The van der Waals surface area contributed by atoms with Crippen LogP contribution in [-0.4, -0.2) is 27.9 Å².